The lowest BCUT2D eigenvalue weighted by atomic mass is 9.99. The first-order valence-corrected chi connectivity index (χ1v) is 6.45. The maximum absolute atomic E-state index is 12.1. The molecule has 1 aliphatic rings. The molecule has 3 nitrogen and oxygen atoms in total. The molecule has 0 unspecified atom stereocenters. The zero-order chi connectivity index (χ0) is 13.4. The number of rotatable bonds is 2. The van der Waals surface area contributed by atoms with Crippen LogP contribution in [-0.4, -0.2) is 10.2 Å². The summed E-state index contributed by atoms with van der Waals surface area (Å²) in [6.07, 6.45) is 0.000761. The third kappa shape index (κ3) is 2.08. The molecule has 1 aromatic rings. The second-order valence-electron chi connectivity index (χ2n) is 5.47. The average molecular weight is 248 g/mol. The van der Waals surface area contributed by atoms with E-state index in [1.165, 1.54) is 0 Å². The first-order chi connectivity index (χ1) is 8.45. The van der Waals surface area contributed by atoms with Crippen LogP contribution in [0.15, 0.2) is 16.9 Å². The first-order valence-electron chi connectivity index (χ1n) is 6.45. The molecule has 0 saturated carbocycles. The molecule has 0 amide bonds. The van der Waals surface area contributed by atoms with Gasteiger partial charge in [-0.3, -0.25) is 4.79 Å². The average Bonchev–Trinajstić information content (AvgIpc) is 2.48. The van der Waals surface area contributed by atoms with Gasteiger partial charge in [-0.25, -0.2) is 0 Å². The van der Waals surface area contributed by atoms with Gasteiger partial charge in [0.2, 0.25) is 0 Å². The molecule has 0 aromatic heterocycles. The quantitative estimate of drug-likeness (QED) is 0.843. The number of hydrogen-bond donors (Lipinski definition) is 2. The van der Waals surface area contributed by atoms with Crippen LogP contribution in [0.1, 0.15) is 67.4 Å². The van der Waals surface area contributed by atoms with Gasteiger partial charge in [-0.15, -0.1) is 0 Å². The van der Waals surface area contributed by atoms with E-state index in [1.54, 1.807) is 6.07 Å². The van der Waals surface area contributed by atoms with Crippen molar-refractivity contribution in [1.29, 1.82) is 0 Å². The van der Waals surface area contributed by atoms with Crippen LogP contribution in [0.3, 0.4) is 0 Å². The highest BCUT2D eigenvalue weighted by Crippen LogP contribution is 2.41. The molecule has 0 aliphatic heterocycles. The number of hydrogen-bond acceptors (Lipinski definition) is 3. The lowest BCUT2D eigenvalue weighted by Crippen LogP contribution is -2.10. The smallest absolute Gasteiger partial charge is 0.184 e. The van der Waals surface area contributed by atoms with Crippen molar-refractivity contribution in [1.82, 2.24) is 0 Å². The van der Waals surface area contributed by atoms with Crippen LogP contribution in [0.4, 0.5) is 0 Å². The van der Waals surface area contributed by atoms with Crippen molar-refractivity contribution in [2.45, 2.75) is 51.7 Å². The van der Waals surface area contributed by atoms with Crippen LogP contribution >= 0.6 is 0 Å². The fraction of sp³-hybridized carbons (Fsp3) is 0.533. The Morgan fingerprint density at radius 2 is 2.06 bits per heavy atom. The van der Waals surface area contributed by atoms with Crippen LogP contribution in [-0.2, 0) is 6.61 Å². The molecule has 98 valence electrons. The highest BCUT2D eigenvalue weighted by molar-refractivity contribution is 5.44. The molecule has 0 saturated heterocycles. The zero-order valence-electron chi connectivity index (χ0n) is 11.1. The summed E-state index contributed by atoms with van der Waals surface area (Å²) in [7, 11) is 0. The molecule has 0 fully saturated rings. The summed E-state index contributed by atoms with van der Waals surface area (Å²) in [6.45, 7) is 5.81. The molecule has 0 heterocycles. The molecular weight excluding hydrogens is 228 g/mol. The molecule has 3 heteroatoms. The lowest BCUT2D eigenvalue weighted by molar-refractivity contribution is 0.170. The topological polar surface area (TPSA) is 57.5 Å². The normalized spacial score (nSPS) is 22.3. The third-order valence-electron chi connectivity index (χ3n) is 3.82. The Kier molecular flexibility index (Phi) is 3.55. The van der Waals surface area contributed by atoms with E-state index in [4.69, 9.17) is 0 Å². The molecule has 18 heavy (non-hydrogen) atoms. The lowest BCUT2D eigenvalue weighted by Gasteiger charge is -2.05. The Morgan fingerprint density at radius 3 is 2.61 bits per heavy atom. The van der Waals surface area contributed by atoms with Gasteiger partial charge >= 0.3 is 0 Å². The monoisotopic (exact) mass is 248 g/mol. The van der Waals surface area contributed by atoms with E-state index in [2.05, 4.69) is 0 Å². The molecular formula is C15H20O3. The Morgan fingerprint density at radius 1 is 1.39 bits per heavy atom. The predicted molar refractivity (Wildman–Crippen MR) is 70.7 cm³/mol. The Bertz CT molecular complexity index is 520. The zero-order valence-corrected chi connectivity index (χ0v) is 11.1. The van der Waals surface area contributed by atoms with Crippen LogP contribution in [0.25, 0.3) is 0 Å². The van der Waals surface area contributed by atoms with E-state index in [0.717, 1.165) is 11.1 Å². The van der Waals surface area contributed by atoms with Gasteiger partial charge in [0.05, 0.1) is 12.7 Å². The predicted octanol–water partition coefficient (Wildman–Crippen LogP) is 2.20. The van der Waals surface area contributed by atoms with Crippen molar-refractivity contribution >= 4 is 0 Å². The van der Waals surface area contributed by atoms with Gasteiger partial charge in [-0.1, -0.05) is 26.8 Å². The fourth-order valence-corrected chi connectivity index (χ4v) is 2.72. The van der Waals surface area contributed by atoms with Crippen molar-refractivity contribution in [3.63, 3.8) is 0 Å². The number of aliphatic hydroxyl groups is 2. The molecule has 2 atom stereocenters. The summed E-state index contributed by atoms with van der Waals surface area (Å²) in [6, 6.07) is 3.61. The second kappa shape index (κ2) is 4.82. The third-order valence-corrected chi connectivity index (χ3v) is 3.82. The van der Waals surface area contributed by atoms with Crippen LogP contribution < -0.4 is 5.43 Å². The number of fused-ring (bicyclic) bond motifs is 1. The minimum absolute atomic E-state index is 0.171. The molecule has 1 aromatic carbocycles. The molecule has 0 bridgehead atoms. The van der Waals surface area contributed by atoms with Crippen molar-refractivity contribution in [2.75, 3.05) is 0 Å². The van der Waals surface area contributed by atoms with Gasteiger partial charge in [0.15, 0.2) is 5.43 Å². The van der Waals surface area contributed by atoms with Crippen LogP contribution in [0, 0.1) is 0 Å². The Labute approximate surface area is 107 Å². The highest BCUT2D eigenvalue weighted by atomic mass is 16.3. The summed E-state index contributed by atoms with van der Waals surface area (Å²) in [5, 5.41) is 19.5. The summed E-state index contributed by atoms with van der Waals surface area (Å²) in [4.78, 5) is 12.1. The summed E-state index contributed by atoms with van der Waals surface area (Å²) < 4.78 is 0. The van der Waals surface area contributed by atoms with E-state index in [0.29, 0.717) is 17.5 Å². The van der Waals surface area contributed by atoms with E-state index in [-0.39, 0.29) is 23.9 Å². The maximum atomic E-state index is 12.1. The SMILES string of the molecule is CC(C)c1cc2c(c(CO)c(=O)c1)[C@H](O)C[C@@H]2C. The van der Waals surface area contributed by atoms with Gasteiger partial charge in [-0.05, 0) is 41.0 Å². The fourth-order valence-electron chi connectivity index (χ4n) is 2.72. The van der Waals surface area contributed by atoms with E-state index < -0.39 is 6.10 Å². The maximum Gasteiger partial charge on any atom is 0.184 e. The molecule has 0 spiro atoms. The molecule has 2 rings (SSSR count). The van der Waals surface area contributed by atoms with Crippen LogP contribution in [0.2, 0.25) is 0 Å². The summed E-state index contributed by atoms with van der Waals surface area (Å²) in [5.41, 5.74) is 2.82. The Balaban J connectivity index is 2.81. The van der Waals surface area contributed by atoms with E-state index >= 15 is 0 Å². The summed E-state index contributed by atoms with van der Waals surface area (Å²) >= 11 is 0. The largest absolute Gasteiger partial charge is 0.392 e. The van der Waals surface area contributed by atoms with Gasteiger partial charge < -0.3 is 10.2 Å². The van der Waals surface area contributed by atoms with Crippen molar-refractivity contribution in [3.8, 4) is 0 Å². The standard InChI is InChI=1S/C15H20O3/c1-8(2)10-5-11-9(3)4-14(18)15(11)12(7-16)13(17)6-10/h5-6,8-9,14,16,18H,4,7H2,1-3H3/t9-,14+/m0/s1. The molecule has 2 N–H and O–H groups in total. The van der Waals surface area contributed by atoms with Gasteiger partial charge in [0.25, 0.3) is 0 Å². The van der Waals surface area contributed by atoms with Gasteiger partial charge in [0.1, 0.15) is 0 Å². The first kappa shape index (κ1) is 13.2. The second-order valence-corrected chi connectivity index (χ2v) is 5.47. The number of aliphatic hydroxyl groups excluding tert-OH is 2. The minimum atomic E-state index is -0.628. The van der Waals surface area contributed by atoms with Crippen molar-refractivity contribution < 1.29 is 10.2 Å². The van der Waals surface area contributed by atoms with Gasteiger partial charge in [-0.2, -0.15) is 0 Å². The van der Waals surface area contributed by atoms with E-state index in [9.17, 15) is 15.0 Å². The molecule has 0 radical (unpaired) electrons. The van der Waals surface area contributed by atoms with E-state index in [1.807, 2.05) is 26.8 Å². The van der Waals surface area contributed by atoms with Crippen LogP contribution in [0.5, 0.6) is 0 Å². The van der Waals surface area contributed by atoms with Gasteiger partial charge in [0, 0.05) is 5.56 Å². The highest BCUT2D eigenvalue weighted by Gasteiger charge is 2.29. The summed E-state index contributed by atoms with van der Waals surface area (Å²) in [5.74, 6) is 0.482. The Hall–Kier alpha value is -1.19. The van der Waals surface area contributed by atoms with Crippen molar-refractivity contribution in [3.05, 3.63) is 44.6 Å². The molecule has 1 aliphatic carbocycles. The minimum Gasteiger partial charge on any atom is -0.392 e. The van der Waals surface area contributed by atoms with Crippen molar-refractivity contribution in [2.24, 2.45) is 0 Å².